The maximum absolute atomic E-state index is 12.7. The van der Waals surface area contributed by atoms with Gasteiger partial charge in [-0.3, -0.25) is 0 Å². The molecule has 0 radical (unpaired) electrons. The van der Waals surface area contributed by atoms with Gasteiger partial charge in [0.05, 0.1) is 6.10 Å². The van der Waals surface area contributed by atoms with E-state index >= 15 is 0 Å². The quantitative estimate of drug-likeness (QED) is 0.821. The molecular formula is C14H22N2O4. The number of methoxy groups -OCH3 is 1. The first-order valence-electron chi connectivity index (χ1n) is 7.43. The lowest BCUT2D eigenvalue weighted by atomic mass is 10.2. The molecule has 2 aliphatic carbocycles. The molecule has 1 N–H and O–H groups in total. The Balaban J connectivity index is 1.70. The third kappa shape index (κ3) is 2.75. The zero-order valence-electron chi connectivity index (χ0n) is 11.8. The highest BCUT2D eigenvalue weighted by molar-refractivity contribution is 5.84. The highest BCUT2D eigenvalue weighted by atomic mass is 16.5. The molecule has 2 saturated carbocycles. The summed E-state index contributed by atoms with van der Waals surface area (Å²) in [7, 11) is 1.57. The van der Waals surface area contributed by atoms with Gasteiger partial charge in [0.1, 0.15) is 6.04 Å². The van der Waals surface area contributed by atoms with Crippen LogP contribution >= 0.6 is 0 Å². The smallest absolute Gasteiger partial charge is 0.326 e. The molecule has 112 valence electrons. The minimum absolute atomic E-state index is 0.105. The van der Waals surface area contributed by atoms with Gasteiger partial charge in [-0.25, -0.2) is 9.59 Å². The molecular weight excluding hydrogens is 260 g/mol. The van der Waals surface area contributed by atoms with E-state index in [1.165, 1.54) is 17.7 Å². The van der Waals surface area contributed by atoms with Crippen molar-refractivity contribution in [1.82, 2.24) is 9.80 Å². The molecule has 1 heterocycles. The van der Waals surface area contributed by atoms with Gasteiger partial charge in [0, 0.05) is 32.7 Å². The van der Waals surface area contributed by atoms with Crippen LogP contribution in [0.4, 0.5) is 4.79 Å². The molecule has 0 aromatic carbocycles. The van der Waals surface area contributed by atoms with Crippen LogP contribution in [-0.2, 0) is 9.53 Å². The van der Waals surface area contributed by atoms with Crippen LogP contribution < -0.4 is 0 Å². The van der Waals surface area contributed by atoms with E-state index in [9.17, 15) is 14.7 Å². The van der Waals surface area contributed by atoms with Crippen molar-refractivity contribution < 1.29 is 19.4 Å². The molecule has 6 heteroatoms. The van der Waals surface area contributed by atoms with Gasteiger partial charge >= 0.3 is 12.0 Å². The van der Waals surface area contributed by atoms with Gasteiger partial charge < -0.3 is 19.6 Å². The fourth-order valence-electron chi connectivity index (χ4n) is 2.93. The summed E-state index contributed by atoms with van der Waals surface area (Å²) in [5.41, 5.74) is 0. The number of aliphatic carboxylic acids is 1. The molecule has 20 heavy (non-hydrogen) atoms. The first-order valence-corrected chi connectivity index (χ1v) is 7.43. The lowest BCUT2D eigenvalue weighted by Gasteiger charge is -2.30. The van der Waals surface area contributed by atoms with Crippen LogP contribution in [-0.4, -0.2) is 65.3 Å². The van der Waals surface area contributed by atoms with E-state index in [2.05, 4.69) is 0 Å². The van der Waals surface area contributed by atoms with E-state index in [0.717, 1.165) is 19.4 Å². The molecule has 0 aromatic heterocycles. The van der Waals surface area contributed by atoms with Gasteiger partial charge in [0.15, 0.2) is 0 Å². The number of ether oxygens (including phenoxy) is 1. The fraction of sp³-hybridized carbons (Fsp3) is 0.857. The Morgan fingerprint density at radius 2 is 2.00 bits per heavy atom. The Morgan fingerprint density at radius 1 is 1.30 bits per heavy atom. The van der Waals surface area contributed by atoms with Gasteiger partial charge in [0.25, 0.3) is 0 Å². The Morgan fingerprint density at radius 3 is 2.50 bits per heavy atom. The number of likely N-dealkylation sites (tertiary alicyclic amines) is 1. The van der Waals surface area contributed by atoms with Crippen LogP contribution in [0.5, 0.6) is 0 Å². The molecule has 3 rings (SSSR count). The van der Waals surface area contributed by atoms with Crippen molar-refractivity contribution >= 4 is 12.0 Å². The second-order valence-corrected chi connectivity index (χ2v) is 6.21. The minimum atomic E-state index is -0.930. The van der Waals surface area contributed by atoms with E-state index in [-0.39, 0.29) is 12.1 Å². The van der Waals surface area contributed by atoms with Crippen molar-refractivity contribution in [2.75, 3.05) is 20.2 Å². The number of urea groups is 1. The topological polar surface area (TPSA) is 70.1 Å². The molecule has 2 unspecified atom stereocenters. The number of carboxylic acid groups (broad SMARTS) is 1. The molecule has 1 saturated heterocycles. The molecule has 2 atom stereocenters. The third-order valence-electron chi connectivity index (χ3n) is 4.51. The van der Waals surface area contributed by atoms with Crippen LogP contribution in [0.3, 0.4) is 0 Å². The van der Waals surface area contributed by atoms with Crippen LogP contribution in [0.2, 0.25) is 0 Å². The monoisotopic (exact) mass is 282 g/mol. The van der Waals surface area contributed by atoms with E-state index in [1.807, 2.05) is 4.90 Å². The fourth-order valence-corrected chi connectivity index (χ4v) is 2.93. The number of carboxylic acids is 1. The zero-order valence-corrected chi connectivity index (χ0v) is 11.8. The molecule has 0 bridgehead atoms. The van der Waals surface area contributed by atoms with Crippen molar-refractivity contribution in [2.24, 2.45) is 5.92 Å². The maximum atomic E-state index is 12.7. The summed E-state index contributed by atoms with van der Waals surface area (Å²) in [4.78, 5) is 27.5. The van der Waals surface area contributed by atoms with Gasteiger partial charge in [-0.15, -0.1) is 0 Å². The largest absolute Gasteiger partial charge is 0.480 e. The Hall–Kier alpha value is -1.30. The highest BCUT2D eigenvalue weighted by Crippen LogP contribution is 2.36. The number of hydrogen-bond donors (Lipinski definition) is 1. The van der Waals surface area contributed by atoms with Crippen molar-refractivity contribution in [3.8, 4) is 0 Å². The first-order chi connectivity index (χ1) is 9.60. The molecule has 2 amide bonds. The summed E-state index contributed by atoms with van der Waals surface area (Å²) < 4.78 is 5.25. The van der Waals surface area contributed by atoms with Crippen molar-refractivity contribution in [3.63, 3.8) is 0 Å². The highest BCUT2D eigenvalue weighted by Gasteiger charge is 2.45. The van der Waals surface area contributed by atoms with Crippen molar-refractivity contribution in [3.05, 3.63) is 0 Å². The zero-order chi connectivity index (χ0) is 14.3. The van der Waals surface area contributed by atoms with E-state index in [0.29, 0.717) is 24.9 Å². The van der Waals surface area contributed by atoms with Crippen molar-refractivity contribution in [1.29, 1.82) is 0 Å². The predicted molar refractivity (Wildman–Crippen MR) is 71.4 cm³/mol. The summed E-state index contributed by atoms with van der Waals surface area (Å²) in [5, 5.41) is 9.31. The van der Waals surface area contributed by atoms with Gasteiger partial charge in [-0.1, -0.05) is 0 Å². The normalized spacial score (nSPS) is 29.6. The Kier molecular flexibility index (Phi) is 3.58. The van der Waals surface area contributed by atoms with Crippen LogP contribution in [0.25, 0.3) is 0 Å². The number of carbonyl (C=O) groups is 2. The molecule has 3 aliphatic rings. The summed E-state index contributed by atoms with van der Waals surface area (Å²) in [5.74, 6) is -0.302. The van der Waals surface area contributed by atoms with Crippen molar-refractivity contribution in [2.45, 2.75) is 50.3 Å². The molecule has 3 fully saturated rings. The predicted octanol–water partition coefficient (Wildman–Crippen LogP) is 1.15. The second kappa shape index (κ2) is 5.24. The molecule has 0 spiro atoms. The standard InChI is InChI=1S/C14H22N2O4/c1-20-11-6-12(13(17)18)16(8-11)14(19)15(10-4-5-10)7-9-2-3-9/h9-12H,2-8H2,1H3,(H,17,18). The average molecular weight is 282 g/mol. The molecule has 1 aliphatic heterocycles. The Labute approximate surface area is 118 Å². The summed E-state index contributed by atoms with van der Waals surface area (Å²) >= 11 is 0. The van der Waals surface area contributed by atoms with Crippen LogP contribution in [0.1, 0.15) is 32.1 Å². The Bertz CT molecular complexity index is 406. The number of rotatable bonds is 5. The first kappa shape index (κ1) is 13.7. The summed E-state index contributed by atoms with van der Waals surface area (Å²) in [6.45, 7) is 1.18. The minimum Gasteiger partial charge on any atom is -0.480 e. The lowest BCUT2D eigenvalue weighted by molar-refractivity contribution is -0.141. The maximum Gasteiger partial charge on any atom is 0.326 e. The van der Waals surface area contributed by atoms with E-state index in [4.69, 9.17) is 4.74 Å². The molecule has 6 nitrogen and oxygen atoms in total. The average Bonchev–Trinajstić information content (AvgIpc) is 3.32. The number of carbonyl (C=O) groups excluding carboxylic acids is 1. The third-order valence-corrected chi connectivity index (χ3v) is 4.51. The summed E-state index contributed by atoms with van der Waals surface area (Å²) in [6.07, 6.45) is 4.72. The second-order valence-electron chi connectivity index (χ2n) is 6.21. The molecule has 0 aromatic rings. The number of hydrogen-bond acceptors (Lipinski definition) is 3. The van der Waals surface area contributed by atoms with Gasteiger partial charge in [-0.2, -0.15) is 0 Å². The van der Waals surface area contributed by atoms with Gasteiger partial charge in [0.2, 0.25) is 0 Å². The number of amides is 2. The lowest BCUT2D eigenvalue weighted by Crippen LogP contribution is -2.49. The number of nitrogens with zero attached hydrogens (tertiary/aromatic N) is 2. The summed E-state index contributed by atoms with van der Waals surface area (Å²) in [6, 6.07) is -0.515. The SMILES string of the molecule is COC1CC(C(=O)O)N(C(=O)N(CC2CC2)C2CC2)C1. The van der Waals surface area contributed by atoms with Crippen LogP contribution in [0, 0.1) is 5.92 Å². The van der Waals surface area contributed by atoms with Crippen LogP contribution in [0.15, 0.2) is 0 Å². The van der Waals surface area contributed by atoms with E-state index < -0.39 is 12.0 Å². The van der Waals surface area contributed by atoms with E-state index in [1.54, 1.807) is 7.11 Å². The van der Waals surface area contributed by atoms with Gasteiger partial charge in [-0.05, 0) is 31.6 Å².